The van der Waals surface area contributed by atoms with Gasteiger partial charge in [-0.2, -0.15) is 0 Å². The summed E-state index contributed by atoms with van der Waals surface area (Å²) in [5.41, 5.74) is 4.82. The number of para-hydroxylation sites is 2. The molecule has 1 fully saturated rings. The molecule has 2 aromatic carbocycles. The van der Waals surface area contributed by atoms with E-state index in [2.05, 4.69) is 29.4 Å². The largest absolute Gasteiger partial charge is 0.379 e. The molecule has 2 amide bonds. The quantitative estimate of drug-likeness (QED) is 0.538. The van der Waals surface area contributed by atoms with E-state index in [-0.39, 0.29) is 35.9 Å². The topological polar surface area (TPSA) is 91.0 Å². The first-order valence-corrected chi connectivity index (χ1v) is 14.3. The van der Waals surface area contributed by atoms with Crippen molar-refractivity contribution in [1.82, 2.24) is 10.2 Å². The molecule has 0 bridgehead atoms. The molecule has 0 aromatic heterocycles. The van der Waals surface area contributed by atoms with Crippen LogP contribution < -0.4 is 15.5 Å². The van der Waals surface area contributed by atoms with Crippen LogP contribution in [0.3, 0.4) is 0 Å². The van der Waals surface area contributed by atoms with Crippen LogP contribution in [0.1, 0.15) is 56.7 Å². The van der Waals surface area contributed by atoms with Crippen molar-refractivity contribution >= 4 is 29.0 Å². The first-order valence-electron chi connectivity index (χ1n) is 14.3. The highest BCUT2D eigenvalue weighted by Gasteiger charge is 2.43. The third kappa shape index (κ3) is 6.29. The van der Waals surface area contributed by atoms with Gasteiger partial charge < -0.3 is 15.4 Å². The molecule has 0 saturated carbocycles. The maximum atomic E-state index is 14.1. The van der Waals surface area contributed by atoms with Crippen molar-refractivity contribution in [1.29, 1.82) is 0 Å². The molecular formula is C32H40N4O4. The third-order valence-electron chi connectivity index (χ3n) is 7.98. The molecule has 8 heteroatoms. The van der Waals surface area contributed by atoms with Crippen molar-refractivity contribution in [2.75, 3.05) is 49.6 Å². The highest BCUT2D eigenvalue weighted by molar-refractivity contribution is 6.06. The fourth-order valence-corrected chi connectivity index (χ4v) is 5.93. The van der Waals surface area contributed by atoms with Crippen LogP contribution in [-0.4, -0.2) is 61.9 Å². The van der Waals surface area contributed by atoms with Crippen molar-refractivity contribution < 1.29 is 19.1 Å². The number of nitrogens with zero attached hydrogens (tertiary/aromatic N) is 2. The number of ketones is 1. The van der Waals surface area contributed by atoms with Gasteiger partial charge in [0.1, 0.15) is 0 Å². The van der Waals surface area contributed by atoms with Crippen molar-refractivity contribution in [3.63, 3.8) is 0 Å². The molecule has 2 heterocycles. The van der Waals surface area contributed by atoms with E-state index in [0.29, 0.717) is 30.6 Å². The molecule has 0 unspecified atom stereocenters. The highest BCUT2D eigenvalue weighted by Crippen LogP contribution is 2.48. The molecule has 2 aromatic rings. The van der Waals surface area contributed by atoms with E-state index in [1.54, 1.807) is 4.90 Å². The summed E-state index contributed by atoms with van der Waals surface area (Å²) in [6.07, 6.45) is 1.25. The van der Waals surface area contributed by atoms with Gasteiger partial charge in [-0.05, 0) is 36.5 Å². The summed E-state index contributed by atoms with van der Waals surface area (Å²) in [6.45, 7) is 10.7. The van der Waals surface area contributed by atoms with Crippen LogP contribution in [0.4, 0.5) is 11.4 Å². The van der Waals surface area contributed by atoms with Crippen LogP contribution >= 0.6 is 0 Å². The lowest BCUT2D eigenvalue weighted by atomic mass is 9.73. The van der Waals surface area contributed by atoms with Gasteiger partial charge in [-0.25, -0.2) is 0 Å². The second kappa shape index (κ2) is 11.9. The Morgan fingerprint density at radius 2 is 1.75 bits per heavy atom. The molecular weight excluding hydrogens is 504 g/mol. The average molecular weight is 545 g/mol. The zero-order valence-corrected chi connectivity index (χ0v) is 23.8. The number of morpholine rings is 1. The number of benzene rings is 2. The summed E-state index contributed by atoms with van der Waals surface area (Å²) >= 11 is 0. The van der Waals surface area contributed by atoms with E-state index in [9.17, 15) is 14.4 Å². The van der Waals surface area contributed by atoms with Gasteiger partial charge in [0.15, 0.2) is 5.78 Å². The van der Waals surface area contributed by atoms with Crippen molar-refractivity contribution in [3.05, 3.63) is 70.9 Å². The second-order valence-corrected chi connectivity index (χ2v) is 11.9. The zero-order chi connectivity index (χ0) is 28.3. The minimum Gasteiger partial charge on any atom is -0.379 e. The molecule has 3 aliphatic rings. The predicted octanol–water partition coefficient (Wildman–Crippen LogP) is 4.37. The Balaban J connectivity index is 1.42. The number of amides is 2. The van der Waals surface area contributed by atoms with E-state index < -0.39 is 6.04 Å². The molecule has 0 spiro atoms. The van der Waals surface area contributed by atoms with Crippen molar-refractivity contribution in [2.24, 2.45) is 5.41 Å². The van der Waals surface area contributed by atoms with Gasteiger partial charge in [0.2, 0.25) is 11.8 Å². The number of rotatable bonds is 7. The monoisotopic (exact) mass is 544 g/mol. The fraction of sp³-hybridized carbons (Fsp3) is 0.469. The molecule has 5 rings (SSSR count). The van der Waals surface area contributed by atoms with Gasteiger partial charge in [-0.15, -0.1) is 0 Å². The molecule has 1 aliphatic carbocycles. The number of fused-ring (bicyclic) bond motifs is 1. The van der Waals surface area contributed by atoms with E-state index in [0.717, 1.165) is 55.4 Å². The first-order chi connectivity index (χ1) is 19.2. The number of nitrogens with one attached hydrogen (secondary N) is 2. The average Bonchev–Trinajstić information content (AvgIpc) is 3.06. The highest BCUT2D eigenvalue weighted by atomic mass is 16.5. The number of aryl methyl sites for hydroxylation is 1. The molecule has 1 atom stereocenters. The fourth-order valence-electron chi connectivity index (χ4n) is 5.93. The summed E-state index contributed by atoms with van der Waals surface area (Å²) < 4.78 is 5.38. The van der Waals surface area contributed by atoms with E-state index >= 15 is 0 Å². The maximum Gasteiger partial charge on any atom is 0.228 e. The van der Waals surface area contributed by atoms with Crippen LogP contribution in [0.15, 0.2) is 59.8 Å². The summed E-state index contributed by atoms with van der Waals surface area (Å²) in [7, 11) is 0. The summed E-state index contributed by atoms with van der Waals surface area (Å²) in [6, 6.07) is 15.2. The van der Waals surface area contributed by atoms with Gasteiger partial charge in [-0.1, -0.05) is 55.8 Å². The Morgan fingerprint density at radius 1 is 1.02 bits per heavy atom. The summed E-state index contributed by atoms with van der Waals surface area (Å²) in [5, 5.41) is 6.50. The Kier molecular flexibility index (Phi) is 8.38. The molecule has 1 saturated heterocycles. The number of ether oxygens (including phenoxy) is 1. The van der Waals surface area contributed by atoms with Gasteiger partial charge in [0.25, 0.3) is 0 Å². The van der Waals surface area contributed by atoms with E-state index in [1.165, 1.54) is 0 Å². The number of anilines is 2. The standard InChI is InChI=1S/C32H40N4O4/c1-22-8-10-23(11-9-22)31-30-25(20-32(2,3)21-27(30)37)34-24-6-4-5-7-26(24)36(31)29(39)13-12-28(38)33-14-15-35-16-18-40-19-17-35/h4-11,31,34H,12-21H2,1-3H3,(H,33,38)/t31-/m0/s1. The lowest BCUT2D eigenvalue weighted by molar-refractivity contribution is -0.125. The second-order valence-electron chi connectivity index (χ2n) is 11.9. The minimum atomic E-state index is -0.577. The normalized spacial score (nSPS) is 20.7. The first kappa shape index (κ1) is 28.1. The number of hydrogen-bond donors (Lipinski definition) is 2. The zero-order valence-electron chi connectivity index (χ0n) is 23.8. The molecule has 40 heavy (non-hydrogen) atoms. The van der Waals surface area contributed by atoms with Crippen molar-refractivity contribution in [3.8, 4) is 0 Å². The van der Waals surface area contributed by atoms with Crippen LogP contribution in [0.25, 0.3) is 0 Å². The predicted molar refractivity (Wildman–Crippen MR) is 156 cm³/mol. The Labute approximate surface area is 236 Å². The summed E-state index contributed by atoms with van der Waals surface area (Å²) in [4.78, 5) is 44.6. The lowest BCUT2D eigenvalue weighted by Gasteiger charge is -2.37. The van der Waals surface area contributed by atoms with Gasteiger partial charge in [0.05, 0.1) is 30.6 Å². The number of Topliss-reactive ketones (excluding diaryl/α,β-unsaturated/α-hetero) is 1. The van der Waals surface area contributed by atoms with Gasteiger partial charge in [-0.3, -0.25) is 24.2 Å². The van der Waals surface area contributed by atoms with E-state index in [1.807, 2.05) is 55.5 Å². The van der Waals surface area contributed by atoms with Gasteiger partial charge >= 0.3 is 0 Å². The number of carbonyl (C=O) groups excluding carboxylic acids is 3. The molecule has 0 radical (unpaired) electrons. The minimum absolute atomic E-state index is 0.0440. The number of hydrogen-bond acceptors (Lipinski definition) is 6. The SMILES string of the molecule is Cc1ccc([C@H]2C3=C(CC(C)(C)CC3=O)Nc3ccccc3N2C(=O)CCC(=O)NCCN2CCOCC2)cc1. The molecule has 212 valence electrons. The maximum absolute atomic E-state index is 14.1. The van der Waals surface area contributed by atoms with Crippen LogP contribution in [-0.2, 0) is 19.1 Å². The number of allylic oxidation sites excluding steroid dienone is 1. The summed E-state index contributed by atoms with van der Waals surface area (Å²) in [5.74, 6) is -0.282. The van der Waals surface area contributed by atoms with Crippen LogP contribution in [0.2, 0.25) is 0 Å². The lowest BCUT2D eigenvalue weighted by Crippen LogP contribution is -2.42. The van der Waals surface area contributed by atoms with Gasteiger partial charge in [0, 0.05) is 56.7 Å². The molecule has 2 aliphatic heterocycles. The third-order valence-corrected chi connectivity index (χ3v) is 7.98. The molecule has 8 nitrogen and oxygen atoms in total. The number of carbonyl (C=O) groups is 3. The van der Waals surface area contributed by atoms with Crippen molar-refractivity contribution in [2.45, 2.75) is 52.5 Å². The Morgan fingerprint density at radius 3 is 2.50 bits per heavy atom. The van der Waals surface area contributed by atoms with Crippen LogP contribution in [0, 0.1) is 12.3 Å². The Bertz CT molecular complexity index is 1290. The van der Waals surface area contributed by atoms with E-state index in [4.69, 9.17) is 4.74 Å². The Hall–Kier alpha value is -3.49. The smallest absolute Gasteiger partial charge is 0.228 e. The van der Waals surface area contributed by atoms with Crippen LogP contribution in [0.5, 0.6) is 0 Å². The molecule has 2 N–H and O–H groups in total.